The van der Waals surface area contributed by atoms with Crippen LogP contribution >= 0.6 is 11.6 Å². The predicted molar refractivity (Wildman–Crippen MR) is 66.5 cm³/mol. The molecule has 0 bridgehead atoms. The first-order chi connectivity index (χ1) is 7.50. The van der Waals surface area contributed by atoms with Crippen molar-refractivity contribution < 1.29 is 4.79 Å². The van der Waals surface area contributed by atoms with Gasteiger partial charge >= 0.3 is 0 Å². The van der Waals surface area contributed by atoms with Crippen LogP contribution in [-0.2, 0) is 4.79 Å². The molecule has 1 saturated carbocycles. The van der Waals surface area contributed by atoms with Crippen molar-refractivity contribution in [3.8, 4) is 0 Å². The van der Waals surface area contributed by atoms with E-state index in [1.54, 1.807) is 30.1 Å². The lowest BCUT2D eigenvalue weighted by Crippen LogP contribution is -2.28. The van der Waals surface area contributed by atoms with Crippen LogP contribution in [0.3, 0.4) is 0 Å². The Morgan fingerprint density at radius 3 is 2.75 bits per heavy atom. The van der Waals surface area contributed by atoms with Crippen LogP contribution in [0.15, 0.2) is 18.2 Å². The Bertz CT molecular complexity index is 433. The van der Waals surface area contributed by atoms with Crippen molar-refractivity contribution in [2.24, 2.45) is 11.8 Å². The van der Waals surface area contributed by atoms with E-state index < -0.39 is 0 Å². The van der Waals surface area contributed by atoms with Crippen LogP contribution in [0.2, 0.25) is 5.02 Å². The predicted octanol–water partition coefficient (Wildman–Crippen LogP) is 2.54. The van der Waals surface area contributed by atoms with Gasteiger partial charge < -0.3 is 10.6 Å². The molecule has 0 spiro atoms. The molecule has 86 valence electrons. The van der Waals surface area contributed by atoms with Crippen molar-refractivity contribution in [3.05, 3.63) is 23.2 Å². The molecule has 2 N–H and O–H groups in total. The molecule has 16 heavy (non-hydrogen) atoms. The molecule has 2 unspecified atom stereocenters. The number of anilines is 2. The monoisotopic (exact) mass is 238 g/mol. The molecule has 1 aromatic carbocycles. The number of hydrogen-bond acceptors (Lipinski definition) is 2. The topological polar surface area (TPSA) is 46.3 Å². The van der Waals surface area contributed by atoms with Gasteiger partial charge in [0.1, 0.15) is 0 Å². The summed E-state index contributed by atoms with van der Waals surface area (Å²) < 4.78 is 0. The quantitative estimate of drug-likeness (QED) is 0.805. The van der Waals surface area contributed by atoms with Crippen molar-refractivity contribution in [2.75, 3.05) is 17.7 Å². The molecule has 0 saturated heterocycles. The van der Waals surface area contributed by atoms with Gasteiger partial charge in [-0.25, -0.2) is 0 Å². The number of nitrogen functional groups attached to an aromatic ring is 1. The average Bonchev–Trinajstić information content (AvgIpc) is 2.97. The SMILES string of the molecule is CC1CC1C(=O)N(C)c1cc(Cl)ccc1N. The summed E-state index contributed by atoms with van der Waals surface area (Å²) >= 11 is 5.90. The number of hydrogen-bond donors (Lipinski definition) is 1. The van der Waals surface area contributed by atoms with Crippen LogP contribution in [0.4, 0.5) is 11.4 Å². The van der Waals surface area contributed by atoms with Gasteiger partial charge in [0.2, 0.25) is 5.91 Å². The summed E-state index contributed by atoms with van der Waals surface area (Å²) in [6.07, 6.45) is 0.976. The zero-order chi connectivity index (χ0) is 11.9. The van der Waals surface area contributed by atoms with E-state index in [9.17, 15) is 4.79 Å². The second kappa shape index (κ2) is 3.98. The fourth-order valence-corrected chi connectivity index (χ4v) is 2.01. The molecule has 0 heterocycles. The molecule has 1 aromatic rings. The van der Waals surface area contributed by atoms with Crippen molar-refractivity contribution in [2.45, 2.75) is 13.3 Å². The van der Waals surface area contributed by atoms with Crippen LogP contribution in [0.25, 0.3) is 0 Å². The minimum Gasteiger partial charge on any atom is -0.397 e. The molecule has 4 heteroatoms. The number of amides is 1. The third-order valence-electron chi connectivity index (χ3n) is 3.11. The number of halogens is 1. The Kier molecular flexibility index (Phi) is 2.80. The van der Waals surface area contributed by atoms with Crippen molar-refractivity contribution in [1.29, 1.82) is 0 Å². The number of nitrogens with two attached hydrogens (primary N) is 1. The Morgan fingerprint density at radius 1 is 1.56 bits per heavy atom. The first kappa shape index (κ1) is 11.3. The van der Waals surface area contributed by atoms with Gasteiger partial charge in [0.25, 0.3) is 0 Å². The summed E-state index contributed by atoms with van der Waals surface area (Å²) in [5.41, 5.74) is 7.10. The molecule has 2 rings (SSSR count). The van der Waals surface area contributed by atoms with Crippen LogP contribution in [0.1, 0.15) is 13.3 Å². The van der Waals surface area contributed by atoms with Crippen molar-refractivity contribution >= 4 is 28.9 Å². The first-order valence-electron chi connectivity index (χ1n) is 5.33. The molecule has 0 aliphatic heterocycles. The number of carbonyl (C=O) groups excluding carboxylic acids is 1. The Labute approximate surface area is 100 Å². The largest absolute Gasteiger partial charge is 0.397 e. The maximum Gasteiger partial charge on any atom is 0.230 e. The Morgan fingerprint density at radius 2 is 2.19 bits per heavy atom. The molecule has 1 fully saturated rings. The molecule has 1 aliphatic rings. The smallest absolute Gasteiger partial charge is 0.230 e. The van der Waals surface area contributed by atoms with Crippen molar-refractivity contribution in [1.82, 2.24) is 0 Å². The highest BCUT2D eigenvalue weighted by atomic mass is 35.5. The van der Waals surface area contributed by atoms with E-state index in [0.717, 1.165) is 6.42 Å². The van der Waals surface area contributed by atoms with E-state index in [-0.39, 0.29) is 11.8 Å². The van der Waals surface area contributed by atoms with E-state index in [0.29, 0.717) is 22.3 Å². The summed E-state index contributed by atoms with van der Waals surface area (Å²) in [4.78, 5) is 13.6. The highest BCUT2D eigenvalue weighted by molar-refractivity contribution is 6.31. The molecule has 0 radical (unpaired) electrons. The zero-order valence-electron chi connectivity index (χ0n) is 9.40. The molecule has 0 aromatic heterocycles. The summed E-state index contributed by atoms with van der Waals surface area (Å²) in [6.45, 7) is 2.08. The number of carbonyl (C=O) groups is 1. The molecule has 3 nitrogen and oxygen atoms in total. The maximum atomic E-state index is 12.0. The lowest BCUT2D eigenvalue weighted by Gasteiger charge is -2.19. The van der Waals surface area contributed by atoms with Gasteiger partial charge in [-0.05, 0) is 30.5 Å². The van der Waals surface area contributed by atoms with E-state index >= 15 is 0 Å². The molecular formula is C12H15ClN2O. The van der Waals surface area contributed by atoms with Gasteiger partial charge in [0.15, 0.2) is 0 Å². The lowest BCUT2D eigenvalue weighted by molar-refractivity contribution is -0.119. The van der Waals surface area contributed by atoms with E-state index in [1.807, 2.05) is 0 Å². The highest BCUT2D eigenvalue weighted by Gasteiger charge is 2.41. The van der Waals surface area contributed by atoms with E-state index in [4.69, 9.17) is 17.3 Å². The van der Waals surface area contributed by atoms with Gasteiger partial charge in [-0.2, -0.15) is 0 Å². The zero-order valence-corrected chi connectivity index (χ0v) is 10.2. The maximum absolute atomic E-state index is 12.0. The van der Waals surface area contributed by atoms with Gasteiger partial charge in [0, 0.05) is 18.0 Å². The summed E-state index contributed by atoms with van der Waals surface area (Å²) in [6, 6.07) is 5.16. The second-order valence-electron chi connectivity index (χ2n) is 4.42. The van der Waals surface area contributed by atoms with Gasteiger partial charge in [-0.15, -0.1) is 0 Å². The number of benzene rings is 1. The van der Waals surface area contributed by atoms with Crippen LogP contribution in [0, 0.1) is 11.8 Å². The van der Waals surface area contributed by atoms with Crippen LogP contribution in [0.5, 0.6) is 0 Å². The molecule has 2 atom stereocenters. The van der Waals surface area contributed by atoms with E-state index in [1.165, 1.54) is 0 Å². The summed E-state index contributed by atoms with van der Waals surface area (Å²) in [5, 5.41) is 0.590. The fraction of sp³-hybridized carbons (Fsp3) is 0.417. The van der Waals surface area contributed by atoms with Gasteiger partial charge in [-0.3, -0.25) is 4.79 Å². The minimum absolute atomic E-state index is 0.126. The van der Waals surface area contributed by atoms with Crippen LogP contribution in [-0.4, -0.2) is 13.0 Å². The first-order valence-corrected chi connectivity index (χ1v) is 5.71. The third kappa shape index (κ3) is 2.00. The van der Waals surface area contributed by atoms with Gasteiger partial charge in [0.05, 0.1) is 11.4 Å². The standard InChI is InChI=1S/C12H15ClN2O/c1-7-5-9(7)12(16)15(2)11-6-8(13)3-4-10(11)14/h3-4,6-7,9H,5,14H2,1-2H3. The Hall–Kier alpha value is -1.22. The summed E-state index contributed by atoms with van der Waals surface area (Å²) in [5.74, 6) is 0.778. The average molecular weight is 239 g/mol. The third-order valence-corrected chi connectivity index (χ3v) is 3.35. The normalized spacial score (nSPS) is 22.9. The fourth-order valence-electron chi connectivity index (χ4n) is 1.84. The minimum atomic E-state index is 0.126. The second-order valence-corrected chi connectivity index (χ2v) is 4.86. The highest BCUT2D eigenvalue weighted by Crippen LogP contribution is 2.40. The lowest BCUT2D eigenvalue weighted by atomic mass is 10.2. The Balaban J connectivity index is 2.23. The molecular weight excluding hydrogens is 224 g/mol. The molecule has 1 amide bonds. The van der Waals surface area contributed by atoms with Crippen molar-refractivity contribution in [3.63, 3.8) is 0 Å². The number of rotatable bonds is 2. The molecule has 1 aliphatic carbocycles. The van der Waals surface area contributed by atoms with E-state index in [2.05, 4.69) is 6.92 Å². The van der Waals surface area contributed by atoms with Crippen LogP contribution < -0.4 is 10.6 Å². The summed E-state index contributed by atoms with van der Waals surface area (Å²) in [7, 11) is 1.75. The number of nitrogens with zero attached hydrogens (tertiary/aromatic N) is 1. The van der Waals surface area contributed by atoms with Gasteiger partial charge in [-0.1, -0.05) is 18.5 Å².